The fraction of sp³-hybridized carbons (Fsp3) is 1.00. The van der Waals surface area contributed by atoms with Crippen molar-refractivity contribution in [1.82, 2.24) is 4.90 Å². The maximum Gasteiger partial charge on any atom is 0.0644 e. The first-order chi connectivity index (χ1) is 7.46. The molecule has 0 bridgehead atoms. The molecule has 1 atom stereocenters. The summed E-state index contributed by atoms with van der Waals surface area (Å²) in [5, 5.41) is 0. The van der Waals surface area contributed by atoms with Crippen molar-refractivity contribution < 1.29 is 4.74 Å². The lowest BCUT2D eigenvalue weighted by molar-refractivity contribution is -0.113. The van der Waals surface area contributed by atoms with Gasteiger partial charge in [0, 0.05) is 18.7 Å². The lowest BCUT2D eigenvalue weighted by Gasteiger charge is -2.49. The van der Waals surface area contributed by atoms with Crippen molar-refractivity contribution in [3.05, 3.63) is 0 Å². The standard InChI is InChI=1S/C13H28N2O/c1-5-6-8-15(4)13(11-14)7-9-16-12(2,3)10-13/h5-11,14H2,1-4H3. The molecule has 0 aromatic carbocycles. The Bertz CT molecular complexity index is 218. The smallest absolute Gasteiger partial charge is 0.0644 e. The quantitative estimate of drug-likeness (QED) is 0.782. The van der Waals surface area contributed by atoms with Crippen LogP contribution in [0.1, 0.15) is 46.5 Å². The molecule has 3 nitrogen and oxygen atoms in total. The SMILES string of the molecule is CCCCN(C)C1(CN)CCOC(C)(C)C1. The molecule has 16 heavy (non-hydrogen) atoms. The maximum absolute atomic E-state index is 6.03. The molecule has 1 rings (SSSR count). The summed E-state index contributed by atoms with van der Waals surface area (Å²) in [5.74, 6) is 0. The Balaban J connectivity index is 2.68. The lowest BCUT2D eigenvalue weighted by atomic mass is 9.80. The molecule has 0 aliphatic carbocycles. The van der Waals surface area contributed by atoms with Gasteiger partial charge in [0.25, 0.3) is 0 Å². The van der Waals surface area contributed by atoms with E-state index in [0.717, 1.165) is 32.5 Å². The molecule has 0 spiro atoms. The van der Waals surface area contributed by atoms with Gasteiger partial charge in [0.15, 0.2) is 0 Å². The molecule has 1 heterocycles. The Labute approximate surface area is 100 Å². The maximum atomic E-state index is 6.03. The van der Waals surface area contributed by atoms with Crippen molar-refractivity contribution in [1.29, 1.82) is 0 Å². The fourth-order valence-corrected chi connectivity index (χ4v) is 2.74. The summed E-state index contributed by atoms with van der Waals surface area (Å²) in [7, 11) is 2.21. The topological polar surface area (TPSA) is 38.5 Å². The molecule has 1 fully saturated rings. The van der Waals surface area contributed by atoms with Crippen LogP contribution in [-0.4, -0.2) is 42.8 Å². The molecule has 1 saturated heterocycles. The molecule has 0 aromatic rings. The first-order valence-corrected chi connectivity index (χ1v) is 6.51. The summed E-state index contributed by atoms with van der Waals surface area (Å²) >= 11 is 0. The third-order valence-corrected chi connectivity index (χ3v) is 3.85. The van der Waals surface area contributed by atoms with E-state index in [9.17, 15) is 0 Å². The normalized spacial score (nSPS) is 29.6. The van der Waals surface area contributed by atoms with Gasteiger partial charge in [-0.25, -0.2) is 0 Å². The highest BCUT2D eigenvalue weighted by Crippen LogP contribution is 2.35. The third-order valence-electron chi connectivity index (χ3n) is 3.85. The minimum Gasteiger partial charge on any atom is -0.375 e. The second-order valence-electron chi connectivity index (χ2n) is 5.74. The average Bonchev–Trinajstić information content (AvgIpc) is 2.24. The van der Waals surface area contributed by atoms with Crippen LogP contribution in [0.5, 0.6) is 0 Å². The number of hydrogen-bond acceptors (Lipinski definition) is 3. The lowest BCUT2D eigenvalue weighted by Crippen LogP contribution is -2.59. The summed E-state index contributed by atoms with van der Waals surface area (Å²) in [5.41, 5.74) is 6.15. The average molecular weight is 228 g/mol. The van der Waals surface area contributed by atoms with Crippen LogP contribution in [0.25, 0.3) is 0 Å². The summed E-state index contributed by atoms with van der Waals surface area (Å²) in [4.78, 5) is 2.46. The molecule has 1 aliphatic rings. The van der Waals surface area contributed by atoms with E-state index in [1.165, 1.54) is 12.8 Å². The first-order valence-electron chi connectivity index (χ1n) is 6.51. The molecule has 0 aromatic heterocycles. The number of ether oxygens (including phenoxy) is 1. The van der Waals surface area contributed by atoms with E-state index in [1.54, 1.807) is 0 Å². The predicted octanol–water partition coefficient (Wildman–Crippen LogP) is 2.00. The van der Waals surface area contributed by atoms with Crippen LogP contribution in [0, 0.1) is 0 Å². The predicted molar refractivity (Wildman–Crippen MR) is 68.6 cm³/mol. The van der Waals surface area contributed by atoms with Crippen molar-refractivity contribution >= 4 is 0 Å². The van der Waals surface area contributed by atoms with Gasteiger partial charge in [-0.2, -0.15) is 0 Å². The van der Waals surface area contributed by atoms with Crippen molar-refractivity contribution in [2.75, 3.05) is 26.7 Å². The Morgan fingerprint density at radius 1 is 1.38 bits per heavy atom. The van der Waals surface area contributed by atoms with Gasteiger partial charge >= 0.3 is 0 Å². The van der Waals surface area contributed by atoms with E-state index in [4.69, 9.17) is 10.5 Å². The van der Waals surface area contributed by atoms with Gasteiger partial charge in [-0.1, -0.05) is 13.3 Å². The first kappa shape index (κ1) is 13.9. The van der Waals surface area contributed by atoms with Crippen LogP contribution in [0.3, 0.4) is 0 Å². The highest BCUT2D eigenvalue weighted by Gasteiger charge is 2.42. The monoisotopic (exact) mass is 228 g/mol. The van der Waals surface area contributed by atoms with Gasteiger partial charge in [0.1, 0.15) is 0 Å². The van der Waals surface area contributed by atoms with Gasteiger partial charge < -0.3 is 10.5 Å². The van der Waals surface area contributed by atoms with Gasteiger partial charge in [0.05, 0.1) is 5.60 Å². The second kappa shape index (κ2) is 5.48. The van der Waals surface area contributed by atoms with E-state index in [-0.39, 0.29) is 11.1 Å². The molecule has 2 N–H and O–H groups in total. The number of likely N-dealkylation sites (N-methyl/N-ethyl adjacent to an activating group) is 1. The van der Waals surface area contributed by atoms with Crippen LogP contribution in [0.4, 0.5) is 0 Å². The molecule has 3 heteroatoms. The van der Waals surface area contributed by atoms with Crippen molar-refractivity contribution in [2.45, 2.75) is 57.6 Å². The highest BCUT2D eigenvalue weighted by molar-refractivity contribution is 4.98. The zero-order valence-corrected chi connectivity index (χ0v) is 11.4. The van der Waals surface area contributed by atoms with Gasteiger partial charge in [0.2, 0.25) is 0 Å². The van der Waals surface area contributed by atoms with Crippen LogP contribution in [0.15, 0.2) is 0 Å². The van der Waals surface area contributed by atoms with Crippen molar-refractivity contribution in [3.63, 3.8) is 0 Å². The zero-order chi connectivity index (χ0) is 12.2. The second-order valence-corrected chi connectivity index (χ2v) is 5.74. The molecule has 0 radical (unpaired) electrons. The molecule has 0 saturated carbocycles. The summed E-state index contributed by atoms with van der Waals surface area (Å²) < 4.78 is 5.79. The largest absolute Gasteiger partial charge is 0.375 e. The number of nitrogens with zero attached hydrogens (tertiary/aromatic N) is 1. The molecule has 0 amide bonds. The molecule has 1 unspecified atom stereocenters. The Kier molecular flexibility index (Phi) is 4.77. The van der Waals surface area contributed by atoms with Gasteiger partial charge in [-0.05, 0) is 46.7 Å². The van der Waals surface area contributed by atoms with E-state index in [1.807, 2.05) is 0 Å². The van der Waals surface area contributed by atoms with E-state index in [0.29, 0.717) is 0 Å². The number of rotatable bonds is 5. The number of unbranched alkanes of at least 4 members (excludes halogenated alkanes) is 1. The van der Waals surface area contributed by atoms with Crippen LogP contribution >= 0.6 is 0 Å². The Morgan fingerprint density at radius 3 is 2.56 bits per heavy atom. The van der Waals surface area contributed by atoms with Crippen molar-refractivity contribution in [3.8, 4) is 0 Å². The fourth-order valence-electron chi connectivity index (χ4n) is 2.74. The molecular formula is C13H28N2O. The third kappa shape index (κ3) is 3.19. The van der Waals surface area contributed by atoms with Gasteiger partial charge in [-0.15, -0.1) is 0 Å². The summed E-state index contributed by atoms with van der Waals surface area (Å²) in [6.45, 7) is 9.29. The zero-order valence-electron chi connectivity index (χ0n) is 11.4. The number of nitrogens with two attached hydrogens (primary N) is 1. The van der Waals surface area contributed by atoms with E-state index >= 15 is 0 Å². The van der Waals surface area contributed by atoms with Crippen LogP contribution in [0.2, 0.25) is 0 Å². The molecule has 1 aliphatic heterocycles. The molecule has 96 valence electrons. The van der Waals surface area contributed by atoms with Crippen LogP contribution in [-0.2, 0) is 4.74 Å². The Hall–Kier alpha value is -0.120. The van der Waals surface area contributed by atoms with Crippen LogP contribution < -0.4 is 5.73 Å². The van der Waals surface area contributed by atoms with Gasteiger partial charge in [-0.3, -0.25) is 4.90 Å². The summed E-state index contributed by atoms with van der Waals surface area (Å²) in [6, 6.07) is 0. The highest BCUT2D eigenvalue weighted by atomic mass is 16.5. The molecular weight excluding hydrogens is 200 g/mol. The minimum absolute atomic E-state index is 0.0297. The minimum atomic E-state index is -0.0297. The van der Waals surface area contributed by atoms with E-state index < -0.39 is 0 Å². The Morgan fingerprint density at radius 2 is 2.06 bits per heavy atom. The van der Waals surface area contributed by atoms with E-state index in [2.05, 4.69) is 32.7 Å². The summed E-state index contributed by atoms with van der Waals surface area (Å²) in [6.07, 6.45) is 4.59. The number of hydrogen-bond donors (Lipinski definition) is 1. The van der Waals surface area contributed by atoms with Crippen molar-refractivity contribution in [2.24, 2.45) is 5.73 Å².